The SMILES string of the molecule is c1ccc(-c2ccc(-c3ccc(N(c4ccccc4-c4ccccc4)c4ccc5ccc6c(-n7c8ccccc8c8ccccc87)ccc7ccc4c5c76)cc3)cc2)cc1. The lowest BCUT2D eigenvalue weighted by Gasteiger charge is -2.30. The molecule has 280 valence electrons. The molecule has 2 heteroatoms. The summed E-state index contributed by atoms with van der Waals surface area (Å²) in [6, 6.07) is 84.2. The highest BCUT2D eigenvalue weighted by atomic mass is 15.1. The normalized spacial score (nSPS) is 11.7. The molecule has 0 unspecified atom stereocenters. The van der Waals surface area contributed by atoms with Crippen LogP contribution in [0.3, 0.4) is 0 Å². The van der Waals surface area contributed by atoms with Gasteiger partial charge in [0.1, 0.15) is 0 Å². The Balaban J connectivity index is 1.06. The predicted molar refractivity (Wildman–Crippen MR) is 255 cm³/mol. The zero-order valence-electron chi connectivity index (χ0n) is 32.8. The standard InChI is InChI=1S/C58H38N2/c1-3-13-39(14-4-1)40-23-25-41(26-24-40)42-27-33-46(34-28-42)59(52-20-10-7-17-47(52)43-15-5-2-6-16-43)55-37-31-44-30-36-51-56(38-32-45-29-35-50(55)57(44)58(45)51)60-53-21-11-8-18-48(53)49-19-9-12-22-54(49)60/h1-38H. The van der Waals surface area contributed by atoms with Crippen LogP contribution in [-0.4, -0.2) is 4.57 Å². The van der Waals surface area contributed by atoms with Gasteiger partial charge in [0.15, 0.2) is 0 Å². The average molecular weight is 763 g/mol. The number of benzene rings is 11. The zero-order chi connectivity index (χ0) is 39.6. The van der Waals surface area contributed by atoms with E-state index in [0.717, 1.165) is 17.1 Å². The maximum Gasteiger partial charge on any atom is 0.0541 e. The van der Waals surface area contributed by atoms with E-state index in [0.29, 0.717) is 0 Å². The van der Waals surface area contributed by atoms with Gasteiger partial charge < -0.3 is 9.47 Å². The number of hydrogen-bond donors (Lipinski definition) is 0. The van der Waals surface area contributed by atoms with Crippen molar-refractivity contribution < 1.29 is 0 Å². The molecule has 0 saturated heterocycles. The quantitative estimate of drug-likeness (QED) is 0.147. The minimum atomic E-state index is 1.10. The molecule has 0 aliphatic heterocycles. The number of hydrogen-bond acceptors (Lipinski definition) is 1. The fraction of sp³-hybridized carbons (Fsp3) is 0. The van der Waals surface area contributed by atoms with Crippen LogP contribution in [0.5, 0.6) is 0 Å². The van der Waals surface area contributed by atoms with E-state index in [2.05, 4.69) is 240 Å². The van der Waals surface area contributed by atoms with Crippen molar-refractivity contribution in [1.29, 1.82) is 0 Å². The highest BCUT2D eigenvalue weighted by Gasteiger charge is 2.22. The van der Waals surface area contributed by atoms with Crippen molar-refractivity contribution >= 4 is 71.2 Å². The maximum atomic E-state index is 2.46. The Morgan fingerprint density at radius 1 is 0.283 bits per heavy atom. The third-order valence-electron chi connectivity index (χ3n) is 12.4. The van der Waals surface area contributed by atoms with Crippen LogP contribution in [0.4, 0.5) is 17.1 Å². The molecule has 2 nitrogen and oxygen atoms in total. The molecule has 11 aromatic carbocycles. The summed E-state index contributed by atoms with van der Waals surface area (Å²) in [5.41, 5.74) is 14.2. The van der Waals surface area contributed by atoms with Crippen LogP contribution in [0.2, 0.25) is 0 Å². The van der Waals surface area contributed by atoms with Crippen molar-refractivity contribution in [2.75, 3.05) is 4.90 Å². The lowest BCUT2D eigenvalue weighted by Crippen LogP contribution is -2.12. The summed E-state index contributed by atoms with van der Waals surface area (Å²) >= 11 is 0. The molecule has 0 saturated carbocycles. The van der Waals surface area contributed by atoms with E-state index in [1.165, 1.54) is 93.2 Å². The number of nitrogens with zero attached hydrogens (tertiary/aromatic N) is 2. The second-order valence-corrected chi connectivity index (χ2v) is 15.7. The molecule has 0 atom stereocenters. The number of aromatic nitrogens is 1. The third-order valence-corrected chi connectivity index (χ3v) is 12.4. The largest absolute Gasteiger partial charge is 0.309 e. The predicted octanol–water partition coefficient (Wildman–Crippen LogP) is 16.2. The van der Waals surface area contributed by atoms with E-state index >= 15 is 0 Å². The van der Waals surface area contributed by atoms with Crippen LogP contribution in [-0.2, 0) is 0 Å². The zero-order valence-corrected chi connectivity index (χ0v) is 32.8. The molecule has 0 fully saturated rings. The molecule has 0 spiro atoms. The summed E-state index contributed by atoms with van der Waals surface area (Å²) in [7, 11) is 0. The second kappa shape index (κ2) is 13.9. The molecule has 0 N–H and O–H groups in total. The van der Waals surface area contributed by atoms with Gasteiger partial charge in [-0.25, -0.2) is 0 Å². The Morgan fingerprint density at radius 3 is 1.40 bits per heavy atom. The van der Waals surface area contributed by atoms with Crippen LogP contribution in [0.15, 0.2) is 231 Å². The Kier molecular flexibility index (Phi) is 7.89. The Morgan fingerprint density at radius 2 is 0.750 bits per heavy atom. The molecule has 12 rings (SSSR count). The Bertz CT molecular complexity index is 3460. The van der Waals surface area contributed by atoms with Gasteiger partial charge in [0.05, 0.1) is 28.1 Å². The van der Waals surface area contributed by atoms with E-state index in [1.807, 2.05) is 0 Å². The summed E-state index contributed by atoms with van der Waals surface area (Å²) in [5, 5.41) is 10.0. The number of rotatable bonds is 7. The van der Waals surface area contributed by atoms with Gasteiger partial charge in [-0.1, -0.05) is 188 Å². The molecular formula is C58H38N2. The smallest absolute Gasteiger partial charge is 0.0541 e. The first-order valence-corrected chi connectivity index (χ1v) is 20.7. The highest BCUT2D eigenvalue weighted by Crippen LogP contribution is 2.48. The molecule has 0 bridgehead atoms. The molecule has 12 aromatic rings. The number of fused-ring (bicyclic) bond motifs is 3. The molecule has 1 aromatic heterocycles. The highest BCUT2D eigenvalue weighted by molar-refractivity contribution is 6.27. The van der Waals surface area contributed by atoms with Gasteiger partial charge in [0.25, 0.3) is 0 Å². The summed E-state index contributed by atoms with van der Waals surface area (Å²) < 4.78 is 2.45. The van der Waals surface area contributed by atoms with Gasteiger partial charge in [0, 0.05) is 32.8 Å². The minimum Gasteiger partial charge on any atom is -0.309 e. The Labute approximate surface area is 348 Å². The molecular weight excluding hydrogens is 725 g/mol. The van der Waals surface area contributed by atoms with Gasteiger partial charge in [0.2, 0.25) is 0 Å². The van der Waals surface area contributed by atoms with E-state index in [1.54, 1.807) is 0 Å². The molecule has 0 aliphatic rings. The van der Waals surface area contributed by atoms with Crippen molar-refractivity contribution in [2.45, 2.75) is 0 Å². The van der Waals surface area contributed by atoms with Crippen molar-refractivity contribution in [1.82, 2.24) is 4.57 Å². The Hall–Kier alpha value is -7.94. The lowest BCUT2D eigenvalue weighted by molar-refractivity contribution is 1.20. The fourth-order valence-corrected chi connectivity index (χ4v) is 9.57. The van der Waals surface area contributed by atoms with Crippen molar-refractivity contribution in [2.24, 2.45) is 0 Å². The van der Waals surface area contributed by atoms with Crippen LogP contribution in [0, 0.1) is 0 Å². The van der Waals surface area contributed by atoms with Crippen molar-refractivity contribution in [3.8, 4) is 39.1 Å². The molecule has 0 aliphatic carbocycles. The lowest BCUT2D eigenvalue weighted by atomic mass is 9.91. The van der Waals surface area contributed by atoms with Crippen molar-refractivity contribution in [3.05, 3.63) is 231 Å². The summed E-state index contributed by atoms with van der Waals surface area (Å²) in [6.07, 6.45) is 0. The van der Waals surface area contributed by atoms with Gasteiger partial charge in [-0.2, -0.15) is 0 Å². The minimum absolute atomic E-state index is 1.10. The fourth-order valence-electron chi connectivity index (χ4n) is 9.57. The van der Waals surface area contributed by atoms with Gasteiger partial charge in [-0.3, -0.25) is 0 Å². The van der Waals surface area contributed by atoms with Crippen LogP contribution in [0.1, 0.15) is 0 Å². The van der Waals surface area contributed by atoms with Gasteiger partial charge >= 0.3 is 0 Å². The summed E-state index contributed by atoms with van der Waals surface area (Å²) in [4.78, 5) is 2.46. The first kappa shape index (κ1) is 34.1. The topological polar surface area (TPSA) is 8.17 Å². The van der Waals surface area contributed by atoms with Crippen LogP contribution < -0.4 is 4.90 Å². The monoisotopic (exact) mass is 762 g/mol. The number of para-hydroxylation sites is 3. The first-order valence-electron chi connectivity index (χ1n) is 20.7. The molecule has 1 heterocycles. The van der Waals surface area contributed by atoms with E-state index in [4.69, 9.17) is 0 Å². The van der Waals surface area contributed by atoms with E-state index in [9.17, 15) is 0 Å². The first-order chi connectivity index (χ1) is 29.8. The van der Waals surface area contributed by atoms with E-state index < -0.39 is 0 Å². The van der Waals surface area contributed by atoms with Crippen LogP contribution >= 0.6 is 0 Å². The molecule has 0 amide bonds. The van der Waals surface area contributed by atoms with Crippen LogP contribution in [0.25, 0.3) is 93.2 Å². The number of anilines is 3. The van der Waals surface area contributed by atoms with Gasteiger partial charge in [-0.05, 0) is 91.8 Å². The van der Waals surface area contributed by atoms with E-state index in [-0.39, 0.29) is 0 Å². The summed E-state index contributed by atoms with van der Waals surface area (Å²) in [6.45, 7) is 0. The maximum absolute atomic E-state index is 2.46. The third kappa shape index (κ3) is 5.42. The van der Waals surface area contributed by atoms with Gasteiger partial charge in [-0.15, -0.1) is 0 Å². The average Bonchev–Trinajstić information content (AvgIpc) is 3.66. The summed E-state index contributed by atoms with van der Waals surface area (Å²) in [5.74, 6) is 0. The molecule has 0 radical (unpaired) electrons. The van der Waals surface area contributed by atoms with Crippen molar-refractivity contribution in [3.63, 3.8) is 0 Å². The second-order valence-electron chi connectivity index (χ2n) is 15.7. The molecule has 60 heavy (non-hydrogen) atoms.